The Balaban J connectivity index is 2.62. The van der Waals surface area contributed by atoms with Crippen molar-refractivity contribution < 1.29 is 24.4 Å². The highest BCUT2D eigenvalue weighted by Gasteiger charge is 2.24. The molecular weight excluding hydrogens is 280 g/mol. The van der Waals surface area contributed by atoms with Crippen molar-refractivity contribution in [1.82, 2.24) is 5.32 Å². The van der Waals surface area contributed by atoms with Crippen LogP contribution in [0.2, 0.25) is 0 Å². The Labute approximate surface area is 120 Å². The molecule has 1 rings (SSSR count). The van der Waals surface area contributed by atoms with Gasteiger partial charge in [-0.15, -0.1) is 0 Å². The van der Waals surface area contributed by atoms with Crippen LogP contribution in [0.3, 0.4) is 0 Å². The average Bonchev–Trinajstić information content (AvgIpc) is 2.34. The van der Waals surface area contributed by atoms with Crippen molar-refractivity contribution in [1.29, 1.82) is 0 Å². The lowest BCUT2D eigenvalue weighted by Gasteiger charge is -2.24. The molecule has 0 aromatic heterocycles. The highest BCUT2D eigenvalue weighted by molar-refractivity contribution is 5.79. The van der Waals surface area contributed by atoms with Crippen LogP contribution in [0.4, 0.5) is 5.69 Å². The minimum atomic E-state index is -1.04. The van der Waals surface area contributed by atoms with E-state index in [0.717, 1.165) is 0 Å². The van der Waals surface area contributed by atoms with E-state index in [2.05, 4.69) is 5.32 Å². The van der Waals surface area contributed by atoms with Crippen molar-refractivity contribution in [3.8, 4) is 5.75 Å². The minimum absolute atomic E-state index is 0.0197. The van der Waals surface area contributed by atoms with Crippen molar-refractivity contribution in [3.05, 3.63) is 34.4 Å². The lowest BCUT2D eigenvalue weighted by Crippen LogP contribution is -2.46. The molecule has 0 saturated heterocycles. The van der Waals surface area contributed by atoms with Crippen molar-refractivity contribution in [2.24, 2.45) is 0 Å². The Kier molecular flexibility index (Phi) is 5.23. The van der Waals surface area contributed by atoms with Crippen LogP contribution in [-0.4, -0.2) is 34.1 Å². The fourth-order valence-corrected chi connectivity index (χ4v) is 1.71. The number of nitro benzene ring substituents is 1. The summed E-state index contributed by atoms with van der Waals surface area (Å²) < 4.78 is 5.11. The fraction of sp³-hybridized carbons (Fsp3) is 0.385. The van der Waals surface area contributed by atoms with Crippen LogP contribution in [-0.2, 0) is 9.59 Å². The minimum Gasteiger partial charge on any atom is -0.481 e. The van der Waals surface area contributed by atoms with E-state index in [-0.39, 0.29) is 17.9 Å². The average molecular weight is 296 g/mol. The van der Waals surface area contributed by atoms with E-state index >= 15 is 0 Å². The molecule has 0 saturated carbocycles. The molecular formula is C13H16N2O6. The van der Waals surface area contributed by atoms with Crippen molar-refractivity contribution in [2.75, 3.05) is 6.61 Å². The number of rotatable bonds is 7. The van der Waals surface area contributed by atoms with Gasteiger partial charge in [0.05, 0.1) is 11.3 Å². The smallest absolute Gasteiger partial charge is 0.310 e. The molecule has 0 aliphatic carbocycles. The van der Waals surface area contributed by atoms with Crippen molar-refractivity contribution >= 4 is 17.6 Å². The van der Waals surface area contributed by atoms with Crippen molar-refractivity contribution in [3.63, 3.8) is 0 Å². The van der Waals surface area contributed by atoms with Gasteiger partial charge < -0.3 is 15.2 Å². The predicted molar refractivity (Wildman–Crippen MR) is 73.1 cm³/mol. The summed E-state index contributed by atoms with van der Waals surface area (Å²) in [4.78, 5) is 32.5. The SMILES string of the molecule is CC(C)(CC(=O)O)NC(=O)COc1ccccc1[N+](=O)[O-]. The lowest BCUT2D eigenvalue weighted by atomic mass is 10.0. The van der Waals surface area contributed by atoms with Crippen LogP contribution in [0.1, 0.15) is 20.3 Å². The van der Waals surface area contributed by atoms with E-state index in [0.29, 0.717) is 0 Å². The summed E-state index contributed by atoms with van der Waals surface area (Å²) in [6.07, 6.45) is -0.246. The van der Waals surface area contributed by atoms with E-state index in [9.17, 15) is 19.7 Å². The number of hydrogen-bond acceptors (Lipinski definition) is 5. The topological polar surface area (TPSA) is 119 Å². The largest absolute Gasteiger partial charge is 0.481 e. The molecule has 0 spiro atoms. The van der Waals surface area contributed by atoms with Crippen LogP contribution >= 0.6 is 0 Å². The maximum atomic E-state index is 11.7. The number of ether oxygens (including phenoxy) is 1. The maximum absolute atomic E-state index is 11.7. The number of aliphatic carboxylic acids is 1. The Morgan fingerprint density at radius 2 is 2.00 bits per heavy atom. The Bertz CT molecular complexity index is 555. The standard InChI is InChI=1S/C13H16N2O6/c1-13(2,7-12(17)18)14-11(16)8-21-10-6-4-3-5-9(10)15(19)20/h3-6H,7-8H2,1-2H3,(H,14,16)(H,17,18). The quantitative estimate of drug-likeness (QED) is 0.579. The molecule has 0 aliphatic rings. The Morgan fingerprint density at radius 3 is 2.57 bits per heavy atom. The van der Waals surface area contributed by atoms with Crippen molar-refractivity contribution in [2.45, 2.75) is 25.8 Å². The van der Waals surface area contributed by atoms with E-state index < -0.39 is 28.9 Å². The summed E-state index contributed by atoms with van der Waals surface area (Å²) in [6.45, 7) is 2.68. The molecule has 114 valence electrons. The van der Waals surface area contributed by atoms with Gasteiger partial charge >= 0.3 is 11.7 Å². The van der Waals surface area contributed by atoms with E-state index in [4.69, 9.17) is 9.84 Å². The second-order valence-corrected chi connectivity index (χ2v) is 5.02. The number of carboxylic acids is 1. The van der Waals surface area contributed by atoms with Gasteiger partial charge in [-0.25, -0.2) is 0 Å². The molecule has 0 unspecified atom stereocenters. The van der Waals surface area contributed by atoms with Crippen LogP contribution < -0.4 is 10.1 Å². The first-order valence-corrected chi connectivity index (χ1v) is 6.10. The highest BCUT2D eigenvalue weighted by atomic mass is 16.6. The van der Waals surface area contributed by atoms with E-state index in [1.54, 1.807) is 19.9 Å². The van der Waals surface area contributed by atoms with Gasteiger partial charge in [-0.2, -0.15) is 0 Å². The summed E-state index contributed by atoms with van der Waals surface area (Å²) in [5.74, 6) is -1.62. The third-order valence-electron chi connectivity index (χ3n) is 2.49. The molecule has 2 N–H and O–H groups in total. The summed E-state index contributed by atoms with van der Waals surface area (Å²) in [5, 5.41) is 22.0. The van der Waals surface area contributed by atoms with Gasteiger partial charge in [-0.05, 0) is 19.9 Å². The second kappa shape index (κ2) is 6.69. The molecule has 0 atom stereocenters. The molecule has 0 bridgehead atoms. The number of nitrogens with one attached hydrogen (secondary N) is 1. The van der Waals surface area contributed by atoms with Gasteiger partial charge in [0.2, 0.25) is 0 Å². The molecule has 0 radical (unpaired) electrons. The zero-order chi connectivity index (χ0) is 16.0. The first-order valence-electron chi connectivity index (χ1n) is 6.10. The van der Waals surface area contributed by atoms with Gasteiger partial charge in [0, 0.05) is 11.6 Å². The number of nitrogens with zero attached hydrogens (tertiary/aromatic N) is 1. The summed E-state index contributed by atoms with van der Waals surface area (Å²) in [5.41, 5.74) is -1.18. The van der Waals surface area contributed by atoms with Gasteiger partial charge in [-0.1, -0.05) is 12.1 Å². The number of hydrogen-bond donors (Lipinski definition) is 2. The lowest BCUT2D eigenvalue weighted by molar-refractivity contribution is -0.385. The van der Waals surface area contributed by atoms with Gasteiger partial charge in [0.15, 0.2) is 12.4 Å². The Morgan fingerprint density at radius 1 is 1.38 bits per heavy atom. The molecule has 8 nitrogen and oxygen atoms in total. The molecule has 21 heavy (non-hydrogen) atoms. The monoisotopic (exact) mass is 296 g/mol. The zero-order valence-electron chi connectivity index (χ0n) is 11.7. The highest BCUT2D eigenvalue weighted by Crippen LogP contribution is 2.25. The molecule has 1 amide bonds. The van der Waals surface area contributed by atoms with Crippen LogP contribution in [0, 0.1) is 10.1 Å². The van der Waals surface area contributed by atoms with Crippen LogP contribution in [0.15, 0.2) is 24.3 Å². The third kappa shape index (κ3) is 5.47. The van der Waals surface area contributed by atoms with Gasteiger partial charge in [0.1, 0.15) is 0 Å². The normalized spacial score (nSPS) is 10.8. The summed E-state index contributed by atoms with van der Waals surface area (Å²) in [6, 6.07) is 5.69. The zero-order valence-corrected chi connectivity index (χ0v) is 11.7. The first kappa shape index (κ1) is 16.4. The van der Waals surface area contributed by atoms with E-state index in [1.807, 2.05) is 0 Å². The molecule has 0 aliphatic heterocycles. The number of para-hydroxylation sites is 2. The maximum Gasteiger partial charge on any atom is 0.310 e. The van der Waals surface area contributed by atoms with E-state index in [1.165, 1.54) is 18.2 Å². The number of nitro groups is 1. The Hall–Kier alpha value is -2.64. The molecule has 0 heterocycles. The third-order valence-corrected chi connectivity index (χ3v) is 2.49. The molecule has 1 aromatic carbocycles. The fourth-order valence-electron chi connectivity index (χ4n) is 1.71. The number of carbonyl (C=O) groups excluding carboxylic acids is 1. The number of carboxylic acid groups (broad SMARTS) is 1. The molecule has 8 heteroatoms. The number of carbonyl (C=O) groups is 2. The second-order valence-electron chi connectivity index (χ2n) is 5.02. The van der Waals surface area contributed by atoms with Gasteiger partial charge in [0.25, 0.3) is 5.91 Å². The number of benzene rings is 1. The number of amides is 1. The summed E-state index contributed by atoms with van der Waals surface area (Å²) in [7, 11) is 0. The van der Waals surface area contributed by atoms with Crippen LogP contribution in [0.25, 0.3) is 0 Å². The first-order chi connectivity index (χ1) is 9.71. The van der Waals surface area contributed by atoms with Gasteiger partial charge in [-0.3, -0.25) is 19.7 Å². The predicted octanol–water partition coefficient (Wildman–Crippen LogP) is 1.34. The molecule has 1 aromatic rings. The summed E-state index contributed by atoms with van der Waals surface area (Å²) >= 11 is 0. The van der Waals surface area contributed by atoms with Crippen LogP contribution in [0.5, 0.6) is 5.75 Å². The molecule has 0 fully saturated rings.